The third-order valence-electron chi connectivity index (χ3n) is 3.37. The van der Waals surface area contributed by atoms with E-state index in [1.165, 1.54) is 0 Å². The van der Waals surface area contributed by atoms with Gasteiger partial charge in [-0.2, -0.15) is 0 Å². The van der Waals surface area contributed by atoms with Crippen molar-refractivity contribution in [3.8, 4) is 5.75 Å². The summed E-state index contributed by atoms with van der Waals surface area (Å²) < 4.78 is 5.40. The Kier molecular flexibility index (Phi) is 7.60. The van der Waals surface area contributed by atoms with E-state index in [0.29, 0.717) is 15.8 Å². The first-order chi connectivity index (χ1) is 9.56. The fraction of sp³-hybridized carbons (Fsp3) is 0.500. The zero-order chi connectivity index (χ0) is 14.5. The maximum atomic E-state index is 11.9. The van der Waals surface area contributed by atoms with Gasteiger partial charge in [-0.05, 0) is 38.4 Å². The number of rotatable bonds is 4. The van der Waals surface area contributed by atoms with Gasteiger partial charge < -0.3 is 15.4 Å². The Balaban J connectivity index is 0.00000220. The van der Waals surface area contributed by atoms with Gasteiger partial charge in [0.2, 0.25) is 0 Å². The number of nitrogens with one attached hydrogen (secondary N) is 2. The molecule has 2 rings (SSSR count). The predicted molar refractivity (Wildman–Crippen MR) is 87.8 cm³/mol. The minimum Gasteiger partial charge on any atom is -0.484 e. The van der Waals surface area contributed by atoms with Gasteiger partial charge >= 0.3 is 0 Å². The largest absolute Gasteiger partial charge is 0.484 e. The van der Waals surface area contributed by atoms with Crippen molar-refractivity contribution in [1.82, 2.24) is 10.6 Å². The average Bonchev–Trinajstić information content (AvgIpc) is 2.43. The fourth-order valence-corrected chi connectivity index (χ4v) is 2.49. The molecule has 0 bridgehead atoms. The van der Waals surface area contributed by atoms with Crippen LogP contribution in [-0.2, 0) is 4.79 Å². The Labute approximate surface area is 140 Å². The van der Waals surface area contributed by atoms with E-state index in [2.05, 4.69) is 17.6 Å². The van der Waals surface area contributed by atoms with Crippen LogP contribution in [0.5, 0.6) is 5.75 Å². The molecule has 1 fully saturated rings. The van der Waals surface area contributed by atoms with Crippen LogP contribution in [0.2, 0.25) is 10.0 Å². The van der Waals surface area contributed by atoms with Crippen molar-refractivity contribution in [3.05, 3.63) is 28.2 Å². The topological polar surface area (TPSA) is 50.4 Å². The Morgan fingerprint density at radius 1 is 1.43 bits per heavy atom. The minimum atomic E-state index is -0.128. The van der Waals surface area contributed by atoms with E-state index in [1.807, 2.05) is 0 Å². The highest BCUT2D eigenvalue weighted by Crippen LogP contribution is 2.26. The number of carbonyl (C=O) groups excluding carboxylic acids is 1. The molecule has 1 aromatic carbocycles. The van der Waals surface area contributed by atoms with Gasteiger partial charge in [0.25, 0.3) is 5.91 Å². The minimum absolute atomic E-state index is 0. The lowest BCUT2D eigenvalue weighted by molar-refractivity contribution is -0.124. The SMILES string of the molecule is CC1NCCCC1NC(=O)COc1ccc(Cl)c(Cl)c1.Cl. The highest BCUT2D eigenvalue weighted by molar-refractivity contribution is 6.42. The molecule has 1 aliphatic heterocycles. The van der Waals surface area contributed by atoms with Gasteiger partial charge in [0, 0.05) is 18.2 Å². The molecule has 2 N–H and O–H groups in total. The van der Waals surface area contributed by atoms with Crippen LogP contribution in [0.25, 0.3) is 0 Å². The van der Waals surface area contributed by atoms with E-state index in [9.17, 15) is 4.79 Å². The second-order valence-corrected chi connectivity index (χ2v) is 5.74. The quantitative estimate of drug-likeness (QED) is 0.874. The first kappa shape index (κ1) is 18.4. The highest BCUT2D eigenvalue weighted by Gasteiger charge is 2.22. The molecule has 0 radical (unpaired) electrons. The van der Waals surface area contributed by atoms with Crippen molar-refractivity contribution >= 4 is 41.5 Å². The van der Waals surface area contributed by atoms with Crippen LogP contribution in [0.3, 0.4) is 0 Å². The van der Waals surface area contributed by atoms with Crippen molar-refractivity contribution in [2.75, 3.05) is 13.2 Å². The fourth-order valence-electron chi connectivity index (χ4n) is 2.21. The molecule has 118 valence electrons. The van der Waals surface area contributed by atoms with E-state index in [1.54, 1.807) is 18.2 Å². The smallest absolute Gasteiger partial charge is 0.258 e. The zero-order valence-corrected chi connectivity index (χ0v) is 14.0. The summed E-state index contributed by atoms with van der Waals surface area (Å²) in [4.78, 5) is 11.9. The number of halogens is 3. The number of ether oxygens (including phenoxy) is 1. The first-order valence-corrected chi connectivity index (χ1v) is 7.42. The van der Waals surface area contributed by atoms with Gasteiger partial charge in [0.05, 0.1) is 10.0 Å². The van der Waals surface area contributed by atoms with Gasteiger partial charge in [-0.25, -0.2) is 0 Å². The summed E-state index contributed by atoms with van der Waals surface area (Å²) in [5.41, 5.74) is 0. The molecule has 21 heavy (non-hydrogen) atoms. The number of hydrogen-bond donors (Lipinski definition) is 2. The maximum Gasteiger partial charge on any atom is 0.258 e. The third kappa shape index (κ3) is 5.55. The summed E-state index contributed by atoms with van der Waals surface area (Å²) in [5.74, 6) is 0.404. The third-order valence-corrected chi connectivity index (χ3v) is 4.11. The van der Waals surface area contributed by atoms with Crippen LogP contribution >= 0.6 is 35.6 Å². The molecule has 0 spiro atoms. The van der Waals surface area contributed by atoms with E-state index in [0.717, 1.165) is 19.4 Å². The van der Waals surface area contributed by atoms with Crippen LogP contribution in [0, 0.1) is 0 Å². The summed E-state index contributed by atoms with van der Waals surface area (Å²) in [6, 6.07) is 5.38. The molecule has 1 heterocycles. The molecular weight excluding hydrogens is 335 g/mol. The van der Waals surface area contributed by atoms with E-state index in [-0.39, 0.29) is 37.0 Å². The summed E-state index contributed by atoms with van der Waals surface area (Å²) >= 11 is 11.7. The van der Waals surface area contributed by atoms with Gasteiger partial charge in [-0.1, -0.05) is 23.2 Å². The molecule has 1 aliphatic rings. The van der Waals surface area contributed by atoms with Crippen LogP contribution in [0.4, 0.5) is 0 Å². The molecule has 1 aromatic rings. The molecule has 0 saturated carbocycles. The second kappa shape index (κ2) is 8.69. The van der Waals surface area contributed by atoms with Crippen LogP contribution in [-0.4, -0.2) is 31.1 Å². The molecule has 1 saturated heterocycles. The van der Waals surface area contributed by atoms with Crippen molar-refractivity contribution in [1.29, 1.82) is 0 Å². The van der Waals surface area contributed by atoms with E-state index >= 15 is 0 Å². The normalized spacial score (nSPS) is 21.3. The average molecular weight is 354 g/mol. The lowest BCUT2D eigenvalue weighted by Crippen LogP contribution is -2.52. The number of carbonyl (C=O) groups is 1. The second-order valence-electron chi connectivity index (χ2n) is 4.92. The summed E-state index contributed by atoms with van der Waals surface area (Å²) in [7, 11) is 0. The Morgan fingerprint density at radius 3 is 2.86 bits per heavy atom. The molecule has 7 heteroatoms. The van der Waals surface area contributed by atoms with Gasteiger partial charge in [0.15, 0.2) is 6.61 Å². The zero-order valence-electron chi connectivity index (χ0n) is 11.7. The first-order valence-electron chi connectivity index (χ1n) is 6.67. The molecular formula is C14H19Cl3N2O2. The van der Waals surface area contributed by atoms with Gasteiger partial charge in [0.1, 0.15) is 5.75 Å². The van der Waals surface area contributed by atoms with Crippen LogP contribution < -0.4 is 15.4 Å². The molecule has 0 aliphatic carbocycles. The van der Waals surface area contributed by atoms with E-state index < -0.39 is 0 Å². The summed E-state index contributed by atoms with van der Waals surface area (Å²) in [6.07, 6.45) is 2.07. The molecule has 0 aromatic heterocycles. The Morgan fingerprint density at radius 2 is 2.19 bits per heavy atom. The summed E-state index contributed by atoms with van der Waals surface area (Å²) in [6.45, 7) is 3.05. The summed E-state index contributed by atoms with van der Waals surface area (Å²) in [5, 5.41) is 7.19. The van der Waals surface area contributed by atoms with Gasteiger partial charge in [-0.3, -0.25) is 4.79 Å². The molecule has 2 unspecified atom stereocenters. The lowest BCUT2D eigenvalue weighted by Gasteiger charge is -2.30. The van der Waals surface area contributed by atoms with Crippen molar-refractivity contribution in [2.45, 2.75) is 31.8 Å². The number of hydrogen-bond acceptors (Lipinski definition) is 3. The number of amides is 1. The number of benzene rings is 1. The standard InChI is InChI=1S/C14H18Cl2N2O2.ClH/c1-9-13(3-2-6-17-9)18-14(19)8-20-10-4-5-11(15)12(16)7-10;/h4-5,7,9,13,17H,2-3,6,8H2,1H3,(H,18,19);1H. The van der Waals surface area contributed by atoms with Gasteiger partial charge in [-0.15, -0.1) is 12.4 Å². The van der Waals surface area contributed by atoms with E-state index in [4.69, 9.17) is 27.9 Å². The van der Waals surface area contributed by atoms with Crippen molar-refractivity contribution in [3.63, 3.8) is 0 Å². The van der Waals surface area contributed by atoms with Crippen LogP contribution in [0.1, 0.15) is 19.8 Å². The highest BCUT2D eigenvalue weighted by atomic mass is 35.5. The van der Waals surface area contributed by atoms with Crippen LogP contribution in [0.15, 0.2) is 18.2 Å². The Bertz CT molecular complexity index is 485. The molecule has 4 nitrogen and oxygen atoms in total. The number of piperidine rings is 1. The van der Waals surface area contributed by atoms with Crippen molar-refractivity contribution < 1.29 is 9.53 Å². The molecule has 2 atom stereocenters. The molecule has 1 amide bonds. The maximum absolute atomic E-state index is 11.9. The Hall–Kier alpha value is -0.680. The lowest BCUT2D eigenvalue weighted by atomic mass is 10.00. The van der Waals surface area contributed by atoms with Crippen molar-refractivity contribution in [2.24, 2.45) is 0 Å². The predicted octanol–water partition coefficient (Wildman–Crippen LogP) is 3.05. The monoisotopic (exact) mass is 352 g/mol.